The number of aliphatic imine (C=N–C) groups is 1. The van der Waals surface area contributed by atoms with Crippen LogP contribution in [0.2, 0.25) is 0 Å². The van der Waals surface area contributed by atoms with Crippen LogP contribution in [-0.4, -0.2) is 74.9 Å². The summed E-state index contributed by atoms with van der Waals surface area (Å²) in [5.74, 6) is 1.12. The van der Waals surface area contributed by atoms with E-state index in [9.17, 15) is 9.50 Å². The van der Waals surface area contributed by atoms with Crippen molar-refractivity contribution in [1.82, 2.24) is 15.5 Å². The molecule has 1 aliphatic rings. The van der Waals surface area contributed by atoms with Crippen molar-refractivity contribution < 1.29 is 9.50 Å². The zero-order chi connectivity index (χ0) is 20.9. The van der Waals surface area contributed by atoms with Gasteiger partial charge in [-0.3, -0.25) is 9.89 Å². The first-order valence-electron chi connectivity index (χ1n) is 11.0. The molecule has 6 nitrogen and oxygen atoms in total. The third-order valence-corrected chi connectivity index (χ3v) is 5.37. The Morgan fingerprint density at radius 1 is 1.10 bits per heavy atom. The Balaban J connectivity index is 1.72. The Labute approximate surface area is 175 Å². The minimum atomic E-state index is -0.186. The summed E-state index contributed by atoms with van der Waals surface area (Å²) < 4.78 is 13.1. The molecule has 2 rings (SSSR count). The lowest BCUT2D eigenvalue weighted by atomic mass is 10.0. The van der Waals surface area contributed by atoms with Crippen molar-refractivity contribution in [1.29, 1.82) is 0 Å². The lowest BCUT2D eigenvalue weighted by Crippen LogP contribution is -2.49. The fourth-order valence-corrected chi connectivity index (χ4v) is 3.69. The molecule has 29 heavy (non-hydrogen) atoms. The van der Waals surface area contributed by atoms with Crippen LogP contribution in [0.4, 0.5) is 10.1 Å². The molecule has 0 aliphatic carbocycles. The van der Waals surface area contributed by atoms with Crippen LogP contribution in [0, 0.1) is 11.7 Å². The van der Waals surface area contributed by atoms with Gasteiger partial charge in [0, 0.05) is 64.7 Å². The molecule has 1 fully saturated rings. The van der Waals surface area contributed by atoms with E-state index in [-0.39, 0.29) is 12.4 Å². The number of nitrogens with one attached hydrogen (secondary N) is 2. The number of aliphatic hydroxyl groups excluding tert-OH is 1. The van der Waals surface area contributed by atoms with E-state index in [0.29, 0.717) is 5.92 Å². The smallest absolute Gasteiger partial charge is 0.191 e. The molecule has 0 saturated carbocycles. The monoisotopic (exact) mass is 407 g/mol. The Bertz CT molecular complexity index is 581. The first kappa shape index (κ1) is 23.4. The summed E-state index contributed by atoms with van der Waals surface area (Å²) in [6, 6.07) is 6.76. The SMILES string of the molecule is CCCC(CCO)CN=C(NCC)NCCN1CCN(c2ccc(F)cc2)CC1. The fraction of sp³-hybridized carbons (Fsp3) is 0.682. The predicted octanol–water partition coefficient (Wildman–Crippen LogP) is 2.30. The van der Waals surface area contributed by atoms with E-state index in [0.717, 1.165) is 83.3 Å². The number of nitrogens with zero attached hydrogens (tertiary/aromatic N) is 3. The molecule has 1 unspecified atom stereocenters. The van der Waals surface area contributed by atoms with Crippen molar-refractivity contribution in [3.63, 3.8) is 0 Å². The molecule has 0 radical (unpaired) electrons. The molecule has 1 aromatic carbocycles. The van der Waals surface area contributed by atoms with Crippen molar-refractivity contribution >= 4 is 11.6 Å². The standard InChI is InChI=1S/C22H38FN5O/c1-3-5-19(10-17-29)18-26-22(24-4-2)25-11-12-27-13-15-28(16-14-27)21-8-6-20(23)7-9-21/h6-9,19,29H,3-5,10-18H2,1-2H3,(H2,24,25,26). The number of anilines is 1. The van der Waals surface area contributed by atoms with Crippen molar-refractivity contribution in [2.45, 2.75) is 33.1 Å². The van der Waals surface area contributed by atoms with Crippen LogP contribution < -0.4 is 15.5 Å². The summed E-state index contributed by atoms with van der Waals surface area (Å²) in [7, 11) is 0. The molecular weight excluding hydrogens is 369 g/mol. The Hall–Kier alpha value is -1.86. The summed E-state index contributed by atoms with van der Waals surface area (Å²) in [6.07, 6.45) is 3.03. The van der Waals surface area contributed by atoms with Gasteiger partial charge in [-0.15, -0.1) is 0 Å². The van der Waals surface area contributed by atoms with E-state index in [1.54, 1.807) is 0 Å². The molecule has 164 valence electrons. The van der Waals surface area contributed by atoms with Gasteiger partial charge in [-0.05, 0) is 49.9 Å². The van der Waals surface area contributed by atoms with Gasteiger partial charge in [-0.25, -0.2) is 4.39 Å². The number of halogens is 1. The van der Waals surface area contributed by atoms with Crippen LogP contribution in [0.1, 0.15) is 33.1 Å². The van der Waals surface area contributed by atoms with Gasteiger partial charge < -0.3 is 20.6 Å². The summed E-state index contributed by atoms with van der Waals surface area (Å²) in [6.45, 7) is 11.8. The second-order valence-electron chi connectivity index (χ2n) is 7.62. The number of aliphatic hydroxyl groups is 1. The quantitative estimate of drug-likeness (QED) is 0.388. The highest BCUT2D eigenvalue weighted by Crippen LogP contribution is 2.16. The first-order chi connectivity index (χ1) is 14.2. The topological polar surface area (TPSA) is 63.1 Å². The molecular formula is C22H38FN5O. The Kier molecular flexibility index (Phi) is 10.8. The minimum absolute atomic E-state index is 0.186. The van der Waals surface area contributed by atoms with E-state index in [4.69, 9.17) is 4.99 Å². The maximum Gasteiger partial charge on any atom is 0.191 e. The lowest BCUT2D eigenvalue weighted by molar-refractivity contribution is 0.253. The predicted molar refractivity (Wildman–Crippen MR) is 119 cm³/mol. The molecule has 3 N–H and O–H groups in total. The average molecular weight is 408 g/mol. The van der Waals surface area contributed by atoms with Gasteiger partial charge in [0.15, 0.2) is 5.96 Å². The molecule has 1 saturated heterocycles. The molecule has 0 aromatic heterocycles. The van der Waals surface area contributed by atoms with Crippen LogP contribution >= 0.6 is 0 Å². The highest BCUT2D eigenvalue weighted by atomic mass is 19.1. The van der Waals surface area contributed by atoms with E-state index in [1.807, 2.05) is 12.1 Å². The lowest BCUT2D eigenvalue weighted by Gasteiger charge is -2.36. The van der Waals surface area contributed by atoms with Gasteiger partial charge in [0.25, 0.3) is 0 Å². The summed E-state index contributed by atoms with van der Waals surface area (Å²) in [5.41, 5.74) is 1.09. The molecule has 0 bridgehead atoms. The van der Waals surface area contributed by atoms with Crippen molar-refractivity contribution in [3.05, 3.63) is 30.1 Å². The molecule has 0 spiro atoms. The second kappa shape index (κ2) is 13.4. The van der Waals surface area contributed by atoms with E-state index < -0.39 is 0 Å². The van der Waals surface area contributed by atoms with E-state index in [1.165, 1.54) is 12.1 Å². The second-order valence-corrected chi connectivity index (χ2v) is 7.62. The number of rotatable bonds is 11. The van der Waals surface area contributed by atoms with Gasteiger partial charge >= 0.3 is 0 Å². The summed E-state index contributed by atoms with van der Waals surface area (Å²) in [4.78, 5) is 9.47. The van der Waals surface area contributed by atoms with Crippen LogP contribution in [0.5, 0.6) is 0 Å². The van der Waals surface area contributed by atoms with Gasteiger partial charge in [0.05, 0.1) is 0 Å². The van der Waals surface area contributed by atoms with Crippen molar-refractivity contribution in [2.24, 2.45) is 10.9 Å². The molecule has 1 heterocycles. The molecule has 1 aliphatic heterocycles. The number of benzene rings is 1. The first-order valence-corrected chi connectivity index (χ1v) is 11.0. The third kappa shape index (κ3) is 8.58. The fourth-order valence-electron chi connectivity index (χ4n) is 3.69. The maximum absolute atomic E-state index is 13.1. The molecule has 1 atom stereocenters. The molecule has 0 amide bonds. The number of guanidine groups is 1. The highest BCUT2D eigenvalue weighted by molar-refractivity contribution is 5.79. The number of hydrogen-bond donors (Lipinski definition) is 3. The summed E-state index contributed by atoms with van der Waals surface area (Å²) in [5, 5.41) is 16.0. The van der Waals surface area contributed by atoms with Crippen LogP contribution in [0.25, 0.3) is 0 Å². The zero-order valence-corrected chi connectivity index (χ0v) is 18.0. The van der Waals surface area contributed by atoms with Crippen molar-refractivity contribution in [2.75, 3.05) is 63.9 Å². The number of hydrogen-bond acceptors (Lipinski definition) is 4. The Morgan fingerprint density at radius 2 is 1.83 bits per heavy atom. The van der Waals surface area contributed by atoms with Crippen molar-refractivity contribution in [3.8, 4) is 0 Å². The average Bonchev–Trinajstić information content (AvgIpc) is 2.73. The highest BCUT2D eigenvalue weighted by Gasteiger charge is 2.17. The zero-order valence-electron chi connectivity index (χ0n) is 18.0. The summed E-state index contributed by atoms with van der Waals surface area (Å²) >= 11 is 0. The van der Waals surface area contributed by atoms with Gasteiger partial charge in [-0.1, -0.05) is 13.3 Å². The van der Waals surface area contributed by atoms with Crippen LogP contribution in [-0.2, 0) is 0 Å². The van der Waals surface area contributed by atoms with E-state index >= 15 is 0 Å². The molecule has 1 aromatic rings. The third-order valence-electron chi connectivity index (χ3n) is 5.37. The normalized spacial score (nSPS) is 16.7. The minimum Gasteiger partial charge on any atom is -0.396 e. The van der Waals surface area contributed by atoms with E-state index in [2.05, 4.69) is 34.3 Å². The Morgan fingerprint density at radius 3 is 2.45 bits per heavy atom. The number of piperazine rings is 1. The van der Waals surface area contributed by atoms with Crippen LogP contribution in [0.3, 0.4) is 0 Å². The largest absolute Gasteiger partial charge is 0.396 e. The van der Waals surface area contributed by atoms with Gasteiger partial charge in [-0.2, -0.15) is 0 Å². The van der Waals surface area contributed by atoms with Gasteiger partial charge in [0.2, 0.25) is 0 Å². The van der Waals surface area contributed by atoms with Gasteiger partial charge in [0.1, 0.15) is 5.82 Å². The van der Waals surface area contributed by atoms with Crippen LogP contribution in [0.15, 0.2) is 29.3 Å². The molecule has 7 heteroatoms. The maximum atomic E-state index is 13.1.